The first-order valence-corrected chi connectivity index (χ1v) is 13.0. The van der Waals surface area contributed by atoms with Crippen LogP contribution in [0.5, 0.6) is 5.75 Å². The van der Waals surface area contributed by atoms with E-state index in [1.54, 1.807) is 13.4 Å². The highest BCUT2D eigenvalue weighted by molar-refractivity contribution is 6.43. The molecule has 9 heteroatoms. The molecule has 1 heterocycles. The minimum absolute atomic E-state index is 0.155. The van der Waals surface area contributed by atoms with Crippen LogP contribution in [0, 0.1) is 11.8 Å². The van der Waals surface area contributed by atoms with Gasteiger partial charge in [-0.3, -0.25) is 9.59 Å². The molecule has 1 fully saturated rings. The highest BCUT2D eigenvalue weighted by Gasteiger charge is 2.34. The topological polar surface area (TPSA) is 121 Å². The van der Waals surface area contributed by atoms with Gasteiger partial charge in [0.15, 0.2) is 0 Å². The van der Waals surface area contributed by atoms with E-state index in [4.69, 9.17) is 9.15 Å². The van der Waals surface area contributed by atoms with Gasteiger partial charge in [-0.25, -0.2) is 0 Å². The molecule has 2 aromatic carbocycles. The molecule has 4 N–H and O–H groups in total. The summed E-state index contributed by atoms with van der Waals surface area (Å²) in [6.45, 7) is 0.261. The molecule has 1 aliphatic carbocycles. The average molecular weight is 506 g/mol. The van der Waals surface area contributed by atoms with E-state index in [2.05, 4.69) is 10.6 Å². The average Bonchev–Trinajstić information content (AvgIpc) is 3.33. The van der Waals surface area contributed by atoms with Gasteiger partial charge in [0.25, 0.3) is 0 Å². The minimum atomic E-state index is -1.80. The molecule has 1 saturated carbocycles. The molecule has 0 bridgehead atoms. The van der Waals surface area contributed by atoms with E-state index >= 15 is 0 Å². The summed E-state index contributed by atoms with van der Waals surface area (Å²) < 4.78 is 10.8. The molecule has 2 atom stereocenters. The third kappa shape index (κ3) is 7.14. The molecule has 0 radical (unpaired) electrons. The van der Waals surface area contributed by atoms with Crippen molar-refractivity contribution >= 4 is 29.9 Å². The molecule has 4 rings (SSSR count). The van der Waals surface area contributed by atoms with E-state index in [-0.39, 0.29) is 24.8 Å². The maximum absolute atomic E-state index is 13.4. The summed E-state index contributed by atoms with van der Waals surface area (Å²) in [6, 6.07) is 14.8. The largest absolute Gasteiger partial charge is 0.497 e. The van der Waals surface area contributed by atoms with Crippen molar-refractivity contribution in [3.8, 4) is 5.75 Å². The van der Waals surface area contributed by atoms with Gasteiger partial charge in [0.05, 0.1) is 19.3 Å². The predicted octanol–water partition coefficient (Wildman–Crippen LogP) is 3.38. The lowest BCUT2D eigenvalue weighted by atomic mass is 9.75. The van der Waals surface area contributed by atoms with Gasteiger partial charge >= 0.3 is 7.12 Å². The molecule has 8 nitrogen and oxygen atoms in total. The van der Waals surface area contributed by atoms with E-state index in [0.29, 0.717) is 17.8 Å². The quantitative estimate of drug-likeness (QED) is 0.234. The first-order valence-electron chi connectivity index (χ1n) is 13.0. The number of methoxy groups -OCH3 is 1. The minimum Gasteiger partial charge on any atom is -0.497 e. The van der Waals surface area contributed by atoms with Gasteiger partial charge in [0.1, 0.15) is 17.3 Å². The van der Waals surface area contributed by atoms with Crippen molar-refractivity contribution < 1.29 is 28.8 Å². The molecule has 0 aliphatic heterocycles. The van der Waals surface area contributed by atoms with Crippen molar-refractivity contribution in [2.24, 2.45) is 11.8 Å². The van der Waals surface area contributed by atoms with Crippen molar-refractivity contribution in [1.82, 2.24) is 10.6 Å². The van der Waals surface area contributed by atoms with E-state index in [9.17, 15) is 19.6 Å². The normalized spacial score (nSPS) is 15.6. The first-order chi connectivity index (χ1) is 17.9. The van der Waals surface area contributed by atoms with Crippen LogP contribution in [0.3, 0.4) is 0 Å². The lowest BCUT2D eigenvalue weighted by Gasteiger charge is -2.27. The number of carbonyl (C=O) groups is 2. The fraction of sp³-hybridized carbons (Fsp3) is 0.429. The standard InChI is InChI=1S/C28H35BN2O6/c1-36-22-11-7-10-20(14-22)17-30-27(32)24(15-19-8-3-2-4-9-19)28(33)31-26(29(34)35)16-21-18-37-25-13-6-5-12-23(21)25/h5-7,10-14,18-19,24,26,34-35H,2-4,8-9,15-17H2,1H3,(H,30,32)(H,31,33)/t24?,26-/m0/s1. The van der Waals surface area contributed by atoms with Crippen molar-refractivity contribution in [1.29, 1.82) is 0 Å². The molecule has 0 saturated heterocycles. The van der Waals surface area contributed by atoms with Crippen LogP contribution in [-0.2, 0) is 22.6 Å². The Morgan fingerprint density at radius 1 is 1.08 bits per heavy atom. The van der Waals surface area contributed by atoms with Crippen LogP contribution in [0.4, 0.5) is 0 Å². The van der Waals surface area contributed by atoms with Crippen LogP contribution in [0.15, 0.2) is 59.2 Å². The van der Waals surface area contributed by atoms with Crippen LogP contribution < -0.4 is 15.4 Å². The van der Waals surface area contributed by atoms with Gasteiger partial charge in [0, 0.05) is 11.9 Å². The lowest BCUT2D eigenvalue weighted by molar-refractivity contribution is -0.136. The van der Waals surface area contributed by atoms with Crippen molar-refractivity contribution in [2.75, 3.05) is 7.11 Å². The van der Waals surface area contributed by atoms with Crippen LogP contribution in [0.1, 0.15) is 49.7 Å². The first kappa shape index (κ1) is 26.8. The van der Waals surface area contributed by atoms with Gasteiger partial charge in [0.2, 0.25) is 11.8 Å². The van der Waals surface area contributed by atoms with Crippen LogP contribution in [0.2, 0.25) is 0 Å². The Hall–Kier alpha value is -3.30. The number of carbonyl (C=O) groups excluding carboxylic acids is 2. The van der Waals surface area contributed by atoms with Gasteiger partial charge in [-0.1, -0.05) is 62.4 Å². The zero-order valence-corrected chi connectivity index (χ0v) is 21.2. The molecule has 0 spiro atoms. The summed E-state index contributed by atoms with van der Waals surface area (Å²) >= 11 is 0. The van der Waals surface area contributed by atoms with E-state index in [1.807, 2.05) is 48.5 Å². The molecule has 1 aromatic heterocycles. The third-order valence-electron chi connectivity index (χ3n) is 7.22. The number of nitrogens with one attached hydrogen (secondary N) is 2. The van der Waals surface area contributed by atoms with E-state index < -0.39 is 24.9 Å². The molecule has 196 valence electrons. The number of benzene rings is 2. The summed E-state index contributed by atoms with van der Waals surface area (Å²) in [6.07, 6.45) is 7.48. The molecular formula is C28H35BN2O6. The lowest BCUT2D eigenvalue weighted by Crippen LogP contribution is -2.52. The summed E-state index contributed by atoms with van der Waals surface area (Å²) in [5, 5.41) is 26.6. The Morgan fingerprint density at radius 3 is 2.62 bits per heavy atom. The molecular weight excluding hydrogens is 471 g/mol. The van der Waals surface area contributed by atoms with Crippen molar-refractivity contribution in [2.45, 2.75) is 57.4 Å². The number of para-hydroxylation sites is 1. The number of furan rings is 1. The van der Waals surface area contributed by atoms with Gasteiger partial charge in [-0.15, -0.1) is 0 Å². The number of amides is 2. The third-order valence-corrected chi connectivity index (χ3v) is 7.22. The Kier molecular flexibility index (Phi) is 9.25. The van der Waals surface area contributed by atoms with Crippen molar-refractivity contribution in [3.63, 3.8) is 0 Å². The molecule has 1 unspecified atom stereocenters. The zero-order chi connectivity index (χ0) is 26.2. The highest BCUT2D eigenvalue weighted by Crippen LogP contribution is 2.30. The molecule has 3 aromatic rings. The second-order valence-electron chi connectivity index (χ2n) is 9.85. The second-order valence-corrected chi connectivity index (χ2v) is 9.85. The van der Waals surface area contributed by atoms with Gasteiger partial charge in [-0.05, 0) is 48.1 Å². The van der Waals surface area contributed by atoms with Gasteiger partial charge in [-0.2, -0.15) is 0 Å². The summed E-state index contributed by atoms with van der Waals surface area (Å²) in [4.78, 5) is 26.7. The fourth-order valence-corrected chi connectivity index (χ4v) is 5.13. The highest BCUT2D eigenvalue weighted by atomic mass is 16.5. The predicted molar refractivity (Wildman–Crippen MR) is 142 cm³/mol. The van der Waals surface area contributed by atoms with Crippen molar-refractivity contribution in [3.05, 3.63) is 65.9 Å². The smallest absolute Gasteiger partial charge is 0.475 e. The number of rotatable bonds is 11. The summed E-state index contributed by atoms with van der Waals surface area (Å²) in [5.41, 5.74) is 2.29. The van der Waals surface area contributed by atoms with Crippen LogP contribution in [0.25, 0.3) is 11.0 Å². The molecule has 1 aliphatic rings. The van der Waals surface area contributed by atoms with E-state index in [1.165, 1.54) is 6.42 Å². The molecule has 37 heavy (non-hydrogen) atoms. The maximum Gasteiger partial charge on any atom is 0.475 e. The summed E-state index contributed by atoms with van der Waals surface area (Å²) in [7, 11) is -0.214. The second kappa shape index (κ2) is 12.8. The SMILES string of the molecule is COc1cccc(CNC(=O)C(CC2CCCCC2)C(=O)N[C@@H](Cc2coc3ccccc23)B(O)O)c1. The Labute approximate surface area is 217 Å². The maximum atomic E-state index is 13.4. The number of ether oxygens (including phenoxy) is 1. The van der Waals surface area contributed by atoms with E-state index in [0.717, 1.165) is 42.2 Å². The number of hydrogen-bond donors (Lipinski definition) is 4. The Bertz CT molecular complexity index is 1190. The Balaban J connectivity index is 1.47. The van der Waals surface area contributed by atoms with Crippen LogP contribution in [-0.4, -0.2) is 42.0 Å². The number of hydrogen-bond acceptors (Lipinski definition) is 6. The fourth-order valence-electron chi connectivity index (χ4n) is 5.13. The number of fused-ring (bicyclic) bond motifs is 1. The summed E-state index contributed by atoms with van der Waals surface area (Å²) in [5.74, 6) is -1.83. The zero-order valence-electron chi connectivity index (χ0n) is 21.2. The molecule has 2 amide bonds. The van der Waals surface area contributed by atoms with Gasteiger partial charge < -0.3 is 29.8 Å². The van der Waals surface area contributed by atoms with Crippen LogP contribution >= 0.6 is 0 Å². The monoisotopic (exact) mass is 506 g/mol. The Morgan fingerprint density at radius 2 is 1.86 bits per heavy atom.